The first-order chi connectivity index (χ1) is 9.70. The average Bonchev–Trinajstić information content (AvgIpc) is 2.93. The molecule has 0 unspecified atom stereocenters. The van der Waals surface area contributed by atoms with Gasteiger partial charge in [-0.1, -0.05) is 17.3 Å². The lowest BCUT2D eigenvalue weighted by atomic mass is 10.2. The van der Waals surface area contributed by atoms with Crippen LogP contribution in [0.4, 0.5) is 4.39 Å². The molecule has 0 aliphatic heterocycles. The lowest BCUT2D eigenvalue weighted by Gasteiger charge is -2.03. The molecule has 2 N–H and O–H groups in total. The van der Waals surface area contributed by atoms with Crippen LogP contribution in [0.5, 0.6) is 0 Å². The third-order valence-corrected chi connectivity index (χ3v) is 4.32. The van der Waals surface area contributed by atoms with Crippen LogP contribution >= 0.6 is 23.5 Å². The van der Waals surface area contributed by atoms with E-state index in [2.05, 4.69) is 10.1 Å². The Bertz CT molecular complexity index is 550. The van der Waals surface area contributed by atoms with Crippen LogP contribution in [0.25, 0.3) is 0 Å². The first-order valence-corrected chi connectivity index (χ1v) is 8.53. The van der Waals surface area contributed by atoms with Crippen LogP contribution in [0.15, 0.2) is 33.7 Å². The molecule has 0 bridgehead atoms. The van der Waals surface area contributed by atoms with E-state index in [0.717, 1.165) is 12.2 Å². The molecule has 1 aromatic carbocycles. The minimum atomic E-state index is -0.238. The van der Waals surface area contributed by atoms with Crippen molar-refractivity contribution in [2.45, 2.75) is 23.1 Å². The van der Waals surface area contributed by atoms with Crippen LogP contribution in [0.1, 0.15) is 24.2 Å². The molecule has 20 heavy (non-hydrogen) atoms. The Balaban J connectivity index is 1.91. The summed E-state index contributed by atoms with van der Waals surface area (Å²) in [4.78, 5) is 4.83. The van der Waals surface area contributed by atoms with E-state index in [4.69, 9.17) is 10.3 Å². The van der Waals surface area contributed by atoms with Gasteiger partial charge in [-0.15, -0.1) is 11.8 Å². The lowest BCUT2D eigenvalue weighted by molar-refractivity contribution is 0.350. The van der Waals surface area contributed by atoms with Gasteiger partial charge in [0, 0.05) is 4.90 Å². The molecule has 1 atom stereocenters. The van der Waals surface area contributed by atoms with Crippen molar-refractivity contribution in [2.75, 3.05) is 12.0 Å². The number of rotatable bonds is 7. The molecule has 108 valence electrons. The van der Waals surface area contributed by atoms with E-state index in [1.807, 2.05) is 6.26 Å². The average molecular weight is 313 g/mol. The third-order valence-electron chi connectivity index (χ3n) is 2.63. The predicted octanol–water partition coefficient (Wildman–Crippen LogP) is 3.25. The fraction of sp³-hybridized carbons (Fsp3) is 0.385. The monoisotopic (exact) mass is 313 g/mol. The summed E-state index contributed by atoms with van der Waals surface area (Å²) in [5.74, 6) is 2.15. The summed E-state index contributed by atoms with van der Waals surface area (Å²) < 4.78 is 18.6. The minimum Gasteiger partial charge on any atom is -0.338 e. The molecule has 0 aliphatic carbocycles. The van der Waals surface area contributed by atoms with E-state index < -0.39 is 0 Å². The maximum Gasteiger partial charge on any atom is 0.243 e. The molecule has 7 heteroatoms. The summed E-state index contributed by atoms with van der Waals surface area (Å²) in [6.45, 7) is 0. The summed E-state index contributed by atoms with van der Waals surface area (Å²) in [6.07, 6.45) is 2.82. The largest absolute Gasteiger partial charge is 0.338 e. The molecule has 0 saturated carbocycles. The Morgan fingerprint density at radius 2 is 2.20 bits per heavy atom. The molecule has 0 spiro atoms. The standard InChI is InChI=1S/C13H16FN3OS2/c1-19-7-6-10(15)13-16-12(17-18-13)8-20-11-5-3-2-4-9(11)14/h2-5,10H,6-8,15H2,1H3/t10-/m1/s1. The van der Waals surface area contributed by atoms with Crippen molar-refractivity contribution in [3.63, 3.8) is 0 Å². The van der Waals surface area contributed by atoms with Crippen LogP contribution in [0, 0.1) is 5.82 Å². The summed E-state index contributed by atoms with van der Waals surface area (Å²) in [7, 11) is 0. The van der Waals surface area contributed by atoms with E-state index in [-0.39, 0.29) is 11.9 Å². The van der Waals surface area contributed by atoms with Crippen molar-refractivity contribution in [3.05, 3.63) is 41.8 Å². The quantitative estimate of drug-likeness (QED) is 0.792. The van der Waals surface area contributed by atoms with Gasteiger partial charge in [0.25, 0.3) is 0 Å². The topological polar surface area (TPSA) is 64.9 Å². The maximum absolute atomic E-state index is 13.5. The van der Waals surface area contributed by atoms with Crippen LogP contribution in [0.3, 0.4) is 0 Å². The lowest BCUT2D eigenvalue weighted by Crippen LogP contribution is -2.11. The summed E-state index contributed by atoms with van der Waals surface area (Å²) in [5, 5.41) is 3.87. The Morgan fingerprint density at radius 1 is 1.40 bits per heavy atom. The maximum atomic E-state index is 13.5. The van der Waals surface area contributed by atoms with Crippen LogP contribution in [-0.4, -0.2) is 22.1 Å². The zero-order valence-corrected chi connectivity index (χ0v) is 12.7. The van der Waals surface area contributed by atoms with Gasteiger partial charge in [-0.3, -0.25) is 0 Å². The van der Waals surface area contributed by atoms with E-state index in [9.17, 15) is 4.39 Å². The van der Waals surface area contributed by atoms with Gasteiger partial charge in [-0.05, 0) is 30.6 Å². The smallest absolute Gasteiger partial charge is 0.243 e. The highest BCUT2D eigenvalue weighted by Gasteiger charge is 2.14. The second kappa shape index (κ2) is 7.66. The SMILES string of the molecule is CSCC[C@@H](N)c1nc(CSc2ccccc2F)no1. The molecule has 4 nitrogen and oxygen atoms in total. The zero-order chi connectivity index (χ0) is 14.4. The van der Waals surface area contributed by atoms with Crippen molar-refractivity contribution in [1.82, 2.24) is 10.1 Å². The van der Waals surface area contributed by atoms with Crippen molar-refractivity contribution < 1.29 is 8.91 Å². The molecule has 0 radical (unpaired) electrons. The van der Waals surface area contributed by atoms with Gasteiger partial charge in [0.05, 0.1) is 11.8 Å². The fourth-order valence-corrected chi connectivity index (χ4v) is 2.82. The second-order valence-electron chi connectivity index (χ2n) is 4.16. The van der Waals surface area contributed by atoms with Gasteiger partial charge in [-0.2, -0.15) is 16.7 Å². The van der Waals surface area contributed by atoms with E-state index in [0.29, 0.717) is 22.4 Å². The molecule has 0 aliphatic rings. The van der Waals surface area contributed by atoms with Crippen LogP contribution in [-0.2, 0) is 5.75 Å². The van der Waals surface area contributed by atoms with Crippen LogP contribution < -0.4 is 5.73 Å². The van der Waals surface area contributed by atoms with Gasteiger partial charge >= 0.3 is 0 Å². The second-order valence-corrected chi connectivity index (χ2v) is 6.16. The number of hydrogen-bond donors (Lipinski definition) is 1. The Hall–Kier alpha value is -1.05. The molecule has 0 saturated heterocycles. The fourth-order valence-electron chi connectivity index (χ4n) is 1.55. The number of halogens is 1. The summed E-state index contributed by atoms with van der Waals surface area (Å²) >= 11 is 3.06. The highest BCUT2D eigenvalue weighted by molar-refractivity contribution is 7.98. The van der Waals surface area contributed by atoms with Gasteiger partial charge in [0.1, 0.15) is 5.82 Å². The minimum absolute atomic E-state index is 0.234. The zero-order valence-electron chi connectivity index (χ0n) is 11.1. The van der Waals surface area contributed by atoms with Gasteiger partial charge in [0.15, 0.2) is 5.82 Å². The van der Waals surface area contributed by atoms with Crippen molar-refractivity contribution in [3.8, 4) is 0 Å². The highest BCUT2D eigenvalue weighted by atomic mass is 32.2. The molecule has 2 rings (SSSR count). The van der Waals surface area contributed by atoms with E-state index in [1.165, 1.54) is 17.8 Å². The molecule has 0 amide bonds. The summed E-state index contributed by atoms with van der Waals surface area (Å²) in [6, 6.07) is 6.39. The third kappa shape index (κ3) is 4.22. The molecule has 2 aromatic rings. The van der Waals surface area contributed by atoms with Crippen LogP contribution in [0.2, 0.25) is 0 Å². The number of benzene rings is 1. The highest BCUT2D eigenvalue weighted by Crippen LogP contribution is 2.24. The van der Waals surface area contributed by atoms with Crippen molar-refractivity contribution in [2.24, 2.45) is 5.73 Å². The molecule has 0 fully saturated rings. The predicted molar refractivity (Wildman–Crippen MR) is 80.2 cm³/mol. The van der Waals surface area contributed by atoms with E-state index in [1.54, 1.807) is 30.0 Å². The number of thioether (sulfide) groups is 2. The summed E-state index contributed by atoms with van der Waals surface area (Å²) in [5.41, 5.74) is 5.95. The molecular formula is C13H16FN3OS2. The first-order valence-electron chi connectivity index (χ1n) is 6.15. The van der Waals surface area contributed by atoms with Crippen molar-refractivity contribution in [1.29, 1.82) is 0 Å². The Labute approximate surface area is 125 Å². The Morgan fingerprint density at radius 3 is 2.95 bits per heavy atom. The Kier molecular flexibility index (Phi) is 5.87. The van der Waals surface area contributed by atoms with Gasteiger partial charge in [-0.25, -0.2) is 4.39 Å². The normalized spacial score (nSPS) is 12.6. The number of aromatic nitrogens is 2. The molecule has 1 heterocycles. The van der Waals surface area contributed by atoms with Gasteiger partial charge in [0.2, 0.25) is 5.89 Å². The molecular weight excluding hydrogens is 297 g/mol. The number of hydrogen-bond acceptors (Lipinski definition) is 6. The van der Waals surface area contributed by atoms with E-state index >= 15 is 0 Å². The van der Waals surface area contributed by atoms with Crippen molar-refractivity contribution >= 4 is 23.5 Å². The number of nitrogens with two attached hydrogens (primary N) is 1. The first kappa shape index (κ1) is 15.3. The van der Waals surface area contributed by atoms with Gasteiger partial charge < -0.3 is 10.3 Å². The number of nitrogens with zero attached hydrogens (tertiary/aromatic N) is 2. The molecule has 1 aromatic heterocycles.